The van der Waals surface area contributed by atoms with Crippen LogP contribution in [-0.4, -0.2) is 29.4 Å². The molecule has 0 spiro atoms. The number of methoxy groups -OCH3 is 1. The second-order valence-corrected chi connectivity index (χ2v) is 3.50. The maximum Gasteiger partial charge on any atom is 0.0605 e. The van der Waals surface area contributed by atoms with E-state index < -0.39 is 0 Å². The van der Waals surface area contributed by atoms with Gasteiger partial charge in [0, 0.05) is 19.5 Å². The summed E-state index contributed by atoms with van der Waals surface area (Å²) in [5.74, 6) is 0. The Hall–Kier alpha value is -0.930. The maximum absolute atomic E-state index is 9.70. The molecule has 3 nitrogen and oxygen atoms in total. The third-order valence-corrected chi connectivity index (χ3v) is 2.20. The Morgan fingerprint density at radius 3 is 2.93 bits per heavy atom. The Balaban J connectivity index is 2.37. The van der Waals surface area contributed by atoms with Gasteiger partial charge in [0.25, 0.3) is 0 Å². The molecule has 1 aromatic rings. The van der Waals surface area contributed by atoms with E-state index in [-0.39, 0.29) is 12.2 Å². The SMILES string of the molecule is COC(C)CC(O)Cc1cccnc1. The third-order valence-electron chi connectivity index (χ3n) is 2.20. The Morgan fingerprint density at radius 1 is 1.57 bits per heavy atom. The minimum atomic E-state index is -0.353. The molecule has 78 valence electrons. The highest BCUT2D eigenvalue weighted by molar-refractivity contribution is 5.09. The molecule has 1 rings (SSSR count). The van der Waals surface area contributed by atoms with E-state index in [0.29, 0.717) is 12.8 Å². The molecule has 0 amide bonds. The van der Waals surface area contributed by atoms with Crippen LogP contribution in [0.25, 0.3) is 0 Å². The standard InChI is InChI=1S/C11H17NO2/c1-9(14-2)6-11(13)7-10-4-3-5-12-8-10/h3-5,8-9,11,13H,6-7H2,1-2H3. The number of rotatable bonds is 5. The monoisotopic (exact) mass is 195 g/mol. The first kappa shape index (κ1) is 11.1. The van der Waals surface area contributed by atoms with Crippen LogP contribution >= 0.6 is 0 Å². The first-order valence-corrected chi connectivity index (χ1v) is 4.82. The van der Waals surface area contributed by atoms with E-state index in [1.165, 1.54) is 0 Å². The zero-order chi connectivity index (χ0) is 10.4. The normalized spacial score (nSPS) is 15.1. The quantitative estimate of drug-likeness (QED) is 0.772. The van der Waals surface area contributed by atoms with Gasteiger partial charge >= 0.3 is 0 Å². The molecular formula is C11H17NO2. The topological polar surface area (TPSA) is 42.4 Å². The van der Waals surface area contributed by atoms with Crippen molar-refractivity contribution in [1.82, 2.24) is 4.98 Å². The van der Waals surface area contributed by atoms with Crippen molar-refractivity contribution in [2.24, 2.45) is 0 Å². The molecule has 0 aliphatic heterocycles. The van der Waals surface area contributed by atoms with Gasteiger partial charge in [-0.2, -0.15) is 0 Å². The highest BCUT2D eigenvalue weighted by atomic mass is 16.5. The van der Waals surface area contributed by atoms with Crippen LogP contribution in [0.15, 0.2) is 24.5 Å². The Bertz CT molecular complexity index is 251. The lowest BCUT2D eigenvalue weighted by Gasteiger charge is -2.14. The lowest BCUT2D eigenvalue weighted by atomic mass is 10.1. The van der Waals surface area contributed by atoms with Gasteiger partial charge in [0.1, 0.15) is 0 Å². The van der Waals surface area contributed by atoms with Crippen molar-refractivity contribution < 1.29 is 9.84 Å². The average molecular weight is 195 g/mol. The van der Waals surface area contributed by atoms with E-state index in [2.05, 4.69) is 4.98 Å². The molecule has 14 heavy (non-hydrogen) atoms. The van der Waals surface area contributed by atoms with Crippen molar-refractivity contribution in [3.05, 3.63) is 30.1 Å². The zero-order valence-electron chi connectivity index (χ0n) is 8.68. The van der Waals surface area contributed by atoms with Crippen LogP contribution in [0.2, 0.25) is 0 Å². The molecule has 2 unspecified atom stereocenters. The molecule has 1 N–H and O–H groups in total. The summed E-state index contributed by atoms with van der Waals surface area (Å²) in [4.78, 5) is 3.99. The number of pyridine rings is 1. The van der Waals surface area contributed by atoms with Gasteiger partial charge in [-0.05, 0) is 31.4 Å². The first-order valence-electron chi connectivity index (χ1n) is 4.82. The number of nitrogens with zero attached hydrogens (tertiary/aromatic N) is 1. The Kier molecular flexibility index (Phi) is 4.56. The lowest BCUT2D eigenvalue weighted by molar-refractivity contribution is 0.0565. The summed E-state index contributed by atoms with van der Waals surface area (Å²) in [7, 11) is 1.65. The zero-order valence-corrected chi connectivity index (χ0v) is 8.68. The minimum Gasteiger partial charge on any atom is -0.393 e. The van der Waals surface area contributed by atoms with E-state index in [1.807, 2.05) is 19.1 Å². The predicted octanol–water partition coefficient (Wildman–Crippen LogP) is 1.41. The fraction of sp³-hybridized carbons (Fsp3) is 0.545. The van der Waals surface area contributed by atoms with Crippen LogP contribution in [0.3, 0.4) is 0 Å². The van der Waals surface area contributed by atoms with Crippen LogP contribution in [-0.2, 0) is 11.2 Å². The van der Waals surface area contributed by atoms with Crippen LogP contribution in [0, 0.1) is 0 Å². The predicted molar refractivity (Wildman–Crippen MR) is 55.0 cm³/mol. The molecule has 0 aliphatic carbocycles. The smallest absolute Gasteiger partial charge is 0.0605 e. The number of aliphatic hydroxyl groups excluding tert-OH is 1. The second-order valence-electron chi connectivity index (χ2n) is 3.50. The second kappa shape index (κ2) is 5.73. The van der Waals surface area contributed by atoms with Crippen LogP contribution < -0.4 is 0 Å². The van der Waals surface area contributed by atoms with Gasteiger partial charge < -0.3 is 9.84 Å². The fourth-order valence-electron chi connectivity index (χ4n) is 1.35. The van der Waals surface area contributed by atoms with Crippen LogP contribution in [0.1, 0.15) is 18.9 Å². The van der Waals surface area contributed by atoms with Gasteiger partial charge in [-0.15, -0.1) is 0 Å². The van der Waals surface area contributed by atoms with E-state index in [1.54, 1.807) is 19.5 Å². The van der Waals surface area contributed by atoms with Crippen molar-refractivity contribution in [2.75, 3.05) is 7.11 Å². The van der Waals surface area contributed by atoms with Crippen molar-refractivity contribution in [3.63, 3.8) is 0 Å². The van der Waals surface area contributed by atoms with Gasteiger partial charge in [0.2, 0.25) is 0 Å². The van der Waals surface area contributed by atoms with E-state index in [0.717, 1.165) is 5.56 Å². The Labute approximate surface area is 84.7 Å². The largest absolute Gasteiger partial charge is 0.393 e. The number of aliphatic hydroxyl groups is 1. The molecule has 0 saturated heterocycles. The summed E-state index contributed by atoms with van der Waals surface area (Å²) >= 11 is 0. The summed E-state index contributed by atoms with van der Waals surface area (Å²) < 4.78 is 5.08. The van der Waals surface area contributed by atoms with Crippen LogP contribution in [0.4, 0.5) is 0 Å². The number of aromatic nitrogens is 1. The average Bonchev–Trinajstić information content (AvgIpc) is 2.19. The van der Waals surface area contributed by atoms with Crippen molar-refractivity contribution >= 4 is 0 Å². The summed E-state index contributed by atoms with van der Waals surface area (Å²) in [5.41, 5.74) is 1.06. The molecule has 0 aliphatic rings. The van der Waals surface area contributed by atoms with Gasteiger partial charge in [-0.3, -0.25) is 4.98 Å². The van der Waals surface area contributed by atoms with Crippen molar-refractivity contribution in [2.45, 2.75) is 32.0 Å². The highest BCUT2D eigenvalue weighted by Crippen LogP contribution is 2.07. The number of ether oxygens (including phenoxy) is 1. The maximum atomic E-state index is 9.70. The summed E-state index contributed by atoms with van der Waals surface area (Å²) in [6.45, 7) is 1.95. The van der Waals surface area contributed by atoms with E-state index >= 15 is 0 Å². The lowest BCUT2D eigenvalue weighted by Crippen LogP contribution is -2.19. The van der Waals surface area contributed by atoms with E-state index in [4.69, 9.17) is 4.74 Å². The number of hydrogen-bond acceptors (Lipinski definition) is 3. The number of hydrogen-bond donors (Lipinski definition) is 1. The molecule has 0 bridgehead atoms. The molecule has 0 saturated carbocycles. The molecule has 1 aromatic heterocycles. The third kappa shape index (κ3) is 3.85. The van der Waals surface area contributed by atoms with Gasteiger partial charge in [-0.1, -0.05) is 6.07 Å². The fourth-order valence-corrected chi connectivity index (χ4v) is 1.35. The molecule has 0 aromatic carbocycles. The molecule has 0 fully saturated rings. The summed E-state index contributed by atoms with van der Waals surface area (Å²) in [5, 5.41) is 9.70. The molecular weight excluding hydrogens is 178 g/mol. The summed E-state index contributed by atoms with van der Waals surface area (Å²) in [6, 6.07) is 3.84. The van der Waals surface area contributed by atoms with E-state index in [9.17, 15) is 5.11 Å². The molecule has 1 heterocycles. The minimum absolute atomic E-state index is 0.0988. The molecule has 2 atom stereocenters. The highest BCUT2D eigenvalue weighted by Gasteiger charge is 2.10. The molecule has 3 heteroatoms. The van der Waals surface area contributed by atoms with Gasteiger partial charge in [0.05, 0.1) is 12.2 Å². The summed E-state index contributed by atoms with van der Waals surface area (Å²) in [6.07, 6.45) is 4.55. The van der Waals surface area contributed by atoms with Gasteiger partial charge in [-0.25, -0.2) is 0 Å². The van der Waals surface area contributed by atoms with Crippen LogP contribution in [0.5, 0.6) is 0 Å². The van der Waals surface area contributed by atoms with Gasteiger partial charge in [0.15, 0.2) is 0 Å². The Morgan fingerprint density at radius 2 is 2.36 bits per heavy atom. The van der Waals surface area contributed by atoms with Crippen molar-refractivity contribution in [3.8, 4) is 0 Å². The molecule has 0 radical (unpaired) electrons. The van der Waals surface area contributed by atoms with Crippen molar-refractivity contribution in [1.29, 1.82) is 0 Å². The first-order chi connectivity index (χ1) is 6.72.